The van der Waals surface area contributed by atoms with Crippen LogP contribution in [0.2, 0.25) is 0 Å². The van der Waals surface area contributed by atoms with E-state index in [1.54, 1.807) is 0 Å². The number of aliphatic hydroxyl groups excluding tert-OH is 2. The minimum atomic E-state index is -0.665. The van der Waals surface area contributed by atoms with Crippen molar-refractivity contribution in [3.63, 3.8) is 0 Å². The topological polar surface area (TPSA) is 95.9 Å². The minimum Gasteiger partial charge on any atom is -0.466 e. The number of nitrogens with one attached hydrogen (secondary N) is 1. The molecule has 6 nitrogen and oxygen atoms in total. The van der Waals surface area contributed by atoms with Crippen molar-refractivity contribution < 1.29 is 24.5 Å². The van der Waals surface area contributed by atoms with Crippen LogP contribution in [0.25, 0.3) is 0 Å². The lowest BCUT2D eigenvalue weighted by atomic mass is 10.0. The second-order valence-corrected chi connectivity index (χ2v) is 21.8. The molecule has 0 aromatic carbocycles. The van der Waals surface area contributed by atoms with Crippen LogP contribution in [0.5, 0.6) is 0 Å². The molecular formula is C62H123NO5. The first-order valence-electron chi connectivity index (χ1n) is 31.3. The van der Waals surface area contributed by atoms with Crippen LogP contribution >= 0.6 is 0 Å². The van der Waals surface area contributed by atoms with E-state index in [2.05, 4.69) is 19.2 Å². The number of aliphatic hydroxyl groups is 2. The summed E-state index contributed by atoms with van der Waals surface area (Å²) in [7, 11) is 0. The van der Waals surface area contributed by atoms with Gasteiger partial charge in [-0.3, -0.25) is 9.59 Å². The van der Waals surface area contributed by atoms with E-state index in [9.17, 15) is 19.8 Å². The molecule has 0 aromatic heterocycles. The second kappa shape index (κ2) is 58.4. The third kappa shape index (κ3) is 54.2. The summed E-state index contributed by atoms with van der Waals surface area (Å²) in [6, 6.07) is -0.543. The number of carbonyl (C=O) groups excluding carboxylic acids is 2. The molecule has 0 saturated heterocycles. The van der Waals surface area contributed by atoms with Gasteiger partial charge in [-0.1, -0.05) is 322 Å². The summed E-state index contributed by atoms with van der Waals surface area (Å²) in [4.78, 5) is 24.6. The molecule has 68 heavy (non-hydrogen) atoms. The van der Waals surface area contributed by atoms with Crippen molar-refractivity contribution >= 4 is 11.9 Å². The molecule has 0 aliphatic heterocycles. The lowest BCUT2D eigenvalue weighted by molar-refractivity contribution is -0.143. The molecule has 0 fully saturated rings. The van der Waals surface area contributed by atoms with Gasteiger partial charge in [-0.15, -0.1) is 0 Å². The molecule has 6 heteroatoms. The Morgan fingerprint density at radius 3 is 0.897 bits per heavy atom. The molecule has 0 aliphatic carbocycles. The highest BCUT2D eigenvalue weighted by Gasteiger charge is 2.20. The Hall–Kier alpha value is -1.14. The SMILES string of the molecule is CCCCCCCCCCCCCCCCCCCCC(=O)OCCCCCCCCCCCCCCCCCCCCC(=O)NC(CO)C(O)CCCCCCCCCCCCCCCCC. The first kappa shape index (κ1) is 66.9. The predicted octanol–water partition coefficient (Wildman–Crippen LogP) is 19.5. The maximum Gasteiger partial charge on any atom is 0.305 e. The van der Waals surface area contributed by atoms with Crippen molar-refractivity contribution in [2.75, 3.05) is 13.2 Å². The van der Waals surface area contributed by atoms with Crippen molar-refractivity contribution in [2.45, 2.75) is 373 Å². The van der Waals surface area contributed by atoms with E-state index < -0.39 is 12.1 Å². The molecule has 0 radical (unpaired) electrons. The number of esters is 1. The molecular weight excluding hydrogens is 839 g/mol. The minimum absolute atomic E-state index is 0.0129. The highest BCUT2D eigenvalue weighted by Crippen LogP contribution is 2.19. The van der Waals surface area contributed by atoms with E-state index in [1.165, 1.54) is 289 Å². The maximum absolute atomic E-state index is 12.5. The molecule has 0 rings (SSSR count). The first-order chi connectivity index (χ1) is 33.5. The molecule has 2 atom stereocenters. The number of unbranched alkanes of at least 4 members (excludes halogenated alkanes) is 48. The normalized spacial score (nSPS) is 12.5. The van der Waals surface area contributed by atoms with Crippen molar-refractivity contribution in [1.82, 2.24) is 5.32 Å². The number of amides is 1. The molecule has 1 amide bonds. The lowest BCUT2D eigenvalue weighted by Crippen LogP contribution is -2.45. The van der Waals surface area contributed by atoms with E-state index in [0.29, 0.717) is 25.9 Å². The monoisotopic (exact) mass is 962 g/mol. The molecule has 3 N–H and O–H groups in total. The van der Waals surface area contributed by atoms with Gasteiger partial charge in [0.2, 0.25) is 5.91 Å². The summed E-state index contributed by atoms with van der Waals surface area (Å²) in [6.07, 6.45) is 68.2. The van der Waals surface area contributed by atoms with Crippen molar-refractivity contribution in [1.29, 1.82) is 0 Å². The zero-order chi connectivity index (χ0) is 49.3. The quantitative estimate of drug-likeness (QED) is 0.0417. The van der Waals surface area contributed by atoms with Crippen LogP contribution in [0, 0.1) is 0 Å². The Kier molecular flexibility index (Phi) is 57.5. The highest BCUT2D eigenvalue weighted by molar-refractivity contribution is 5.76. The predicted molar refractivity (Wildman–Crippen MR) is 297 cm³/mol. The summed E-state index contributed by atoms with van der Waals surface area (Å²) in [5.74, 6) is -0.0228. The van der Waals surface area contributed by atoms with Gasteiger partial charge in [0.05, 0.1) is 25.4 Å². The number of hydrogen-bond acceptors (Lipinski definition) is 5. The van der Waals surface area contributed by atoms with Gasteiger partial charge in [-0.2, -0.15) is 0 Å². The third-order valence-corrected chi connectivity index (χ3v) is 14.9. The van der Waals surface area contributed by atoms with Crippen LogP contribution in [0.3, 0.4) is 0 Å². The van der Waals surface area contributed by atoms with Crippen LogP contribution in [0.15, 0.2) is 0 Å². The Labute approximate surface area is 426 Å². The van der Waals surface area contributed by atoms with E-state index in [-0.39, 0.29) is 18.5 Å². The van der Waals surface area contributed by atoms with Gasteiger partial charge < -0.3 is 20.3 Å². The Balaban J connectivity index is 3.37. The molecule has 0 bridgehead atoms. The molecule has 2 unspecified atom stereocenters. The van der Waals surface area contributed by atoms with Gasteiger partial charge in [-0.05, 0) is 25.7 Å². The van der Waals surface area contributed by atoms with Gasteiger partial charge >= 0.3 is 5.97 Å². The van der Waals surface area contributed by atoms with Crippen LogP contribution in [-0.2, 0) is 14.3 Å². The maximum atomic E-state index is 12.5. The fraction of sp³-hybridized carbons (Fsp3) is 0.968. The smallest absolute Gasteiger partial charge is 0.305 e. The summed E-state index contributed by atoms with van der Waals surface area (Å²) >= 11 is 0. The van der Waals surface area contributed by atoms with Gasteiger partial charge in [-0.25, -0.2) is 0 Å². The van der Waals surface area contributed by atoms with Crippen LogP contribution in [0.1, 0.15) is 361 Å². The zero-order valence-electron chi connectivity index (χ0n) is 46.4. The van der Waals surface area contributed by atoms with Gasteiger partial charge in [0.25, 0.3) is 0 Å². The second-order valence-electron chi connectivity index (χ2n) is 21.8. The van der Waals surface area contributed by atoms with Crippen LogP contribution < -0.4 is 5.32 Å². The zero-order valence-corrected chi connectivity index (χ0v) is 46.4. The summed E-state index contributed by atoms with van der Waals surface area (Å²) in [5.41, 5.74) is 0. The molecule has 0 aliphatic rings. The standard InChI is InChI=1S/C62H123NO5/c1-3-5-7-9-11-13-15-17-19-20-24-28-32-36-40-44-48-52-56-62(67)68-57-53-49-45-41-37-33-29-25-22-21-23-27-31-35-39-43-47-51-55-61(66)63-59(58-64)60(65)54-50-46-42-38-34-30-26-18-16-14-12-10-8-6-4-2/h59-60,64-65H,3-58H2,1-2H3,(H,63,66). The summed E-state index contributed by atoms with van der Waals surface area (Å²) in [6.45, 7) is 4.98. The van der Waals surface area contributed by atoms with Crippen molar-refractivity contribution in [2.24, 2.45) is 0 Å². The average molecular weight is 963 g/mol. The number of rotatable bonds is 59. The van der Waals surface area contributed by atoms with Gasteiger partial charge in [0.1, 0.15) is 0 Å². The Bertz CT molecular complexity index is 975. The number of hydrogen-bond donors (Lipinski definition) is 3. The van der Waals surface area contributed by atoms with Crippen LogP contribution in [0.4, 0.5) is 0 Å². The number of carbonyl (C=O) groups is 2. The van der Waals surface area contributed by atoms with Crippen LogP contribution in [-0.4, -0.2) is 47.4 Å². The Morgan fingerprint density at radius 2 is 0.603 bits per heavy atom. The largest absolute Gasteiger partial charge is 0.466 e. The molecule has 0 saturated carbocycles. The van der Waals surface area contributed by atoms with Gasteiger partial charge in [0, 0.05) is 12.8 Å². The Morgan fingerprint density at radius 1 is 0.353 bits per heavy atom. The summed E-state index contributed by atoms with van der Waals surface area (Å²) < 4.78 is 5.50. The van der Waals surface area contributed by atoms with E-state index >= 15 is 0 Å². The third-order valence-electron chi connectivity index (χ3n) is 14.9. The van der Waals surface area contributed by atoms with E-state index in [0.717, 1.165) is 38.5 Å². The average Bonchev–Trinajstić information content (AvgIpc) is 3.34. The van der Waals surface area contributed by atoms with Gasteiger partial charge in [0.15, 0.2) is 0 Å². The molecule has 0 aromatic rings. The highest BCUT2D eigenvalue weighted by atomic mass is 16.5. The van der Waals surface area contributed by atoms with Crippen molar-refractivity contribution in [3.8, 4) is 0 Å². The lowest BCUT2D eigenvalue weighted by Gasteiger charge is -2.22. The number of ether oxygens (including phenoxy) is 1. The summed E-state index contributed by atoms with van der Waals surface area (Å²) in [5, 5.41) is 23.3. The fourth-order valence-corrected chi connectivity index (χ4v) is 10.1. The fourth-order valence-electron chi connectivity index (χ4n) is 10.1. The van der Waals surface area contributed by atoms with E-state index in [1.807, 2.05) is 0 Å². The van der Waals surface area contributed by atoms with E-state index in [4.69, 9.17) is 4.74 Å². The first-order valence-corrected chi connectivity index (χ1v) is 31.3. The molecule has 0 heterocycles. The molecule has 0 spiro atoms. The van der Waals surface area contributed by atoms with Crippen molar-refractivity contribution in [3.05, 3.63) is 0 Å². The molecule has 406 valence electrons.